The van der Waals surface area contributed by atoms with Gasteiger partial charge < -0.3 is 14.4 Å². The number of hydrogen-bond acceptors (Lipinski definition) is 2. The third-order valence-electron chi connectivity index (χ3n) is 13.2. The number of anilines is 6. The number of fused-ring (bicyclic) bond motifs is 3. The van der Waals surface area contributed by atoms with Crippen LogP contribution in [0.15, 0.2) is 285 Å². The molecule has 12 aromatic rings. The third kappa shape index (κ3) is 8.13. The Hall–Kier alpha value is -9.18. The van der Waals surface area contributed by atoms with Gasteiger partial charge in [0.25, 0.3) is 0 Å². The smallest absolute Gasteiger partial charge is 0.0541 e. The van der Waals surface area contributed by atoms with Crippen LogP contribution in [0.25, 0.3) is 72.0 Å². The van der Waals surface area contributed by atoms with Gasteiger partial charge in [0.15, 0.2) is 0 Å². The molecule has 1 heterocycles. The Balaban J connectivity index is 0.842. The highest BCUT2D eigenvalue weighted by Gasteiger charge is 2.17. The van der Waals surface area contributed by atoms with Crippen LogP contribution < -0.4 is 9.80 Å². The highest BCUT2D eigenvalue weighted by Crippen LogP contribution is 2.40. The van der Waals surface area contributed by atoms with Crippen LogP contribution in [0.3, 0.4) is 0 Å². The Morgan fingerprint density at radius 2 is 0.435 bits per heavy atom. The van der Waals surface area contributed by atoms with E-state index >= 15 is 0 Å². The molecular weight excluding hydrogens is 835 g/mol. The number of benzene rings is 11. The number of nitrogens with zero attached hydrogens (tertiary/aromatic N) is 3. The Kier molecular flexibility index (Phi) is 10.9. The summed E-state index contributed by atoms with van der Waals surface area (Å²) in [5.41, 5.74) is 19.7. The minimum Gasteiger partial charge on any atom is -0.311 e. The summed E-state index contributed by atoms with van der Waals surface area (Å²) in [5, 5.41) is 2.46. The monoisotopic (exact) mass is 881 g/mol. The molecule has 0 N–H and O–H groups in total. The van der Waals surface area contributed by atoms with E-state index in [9.17, 15) is 0 Å². The van der Waals surface area contributed by atoms with Gasteiger partial charge in [0, 0.05) is 50.6 Å². The van der Waals surface area contributed by atoms with Crippen LogP contribution >= 0.6 is 0 Å². The number of hydrogen-bond donors (Lipinski definition) is 0. The SMILES string of the molecule is c1ccc(N(c2ccccc2)c2ccc(-c3ccc(-c4ccc5c(c4)c4cc(-c6ccc(-c7ccc(N(c8ccccc8)c8ccccc8)cc7)cc6)ccc4n5-c4ccccc4)cc3)cc2)cc1. The minimum atomic E-state index is 1.12. The zero-order valence-corrected chi connectivity index (χ0v) is 38.0. The first-order chi connectivity index (χ1) is 34.2. The van der Waals surface area contributed by atoms with Crippen molar-refractivity contribution < 1.29 is 0 Å². The summed E-state index contributed by atoms with van der Waals surface area (Å²) in [6.45, 7) is 0. The molecule has 0 radical (unpaired) electrons. The van der Waals surface area contributed by atoms with Crippen molar-refractivity contribution in [2.45, 2.75) is 0 Å². The fourth-order valence-electron chi connectivity index (χ4n) is 9.76. The first-order valence-corrected chi connectivity index (χ1v) is 23.6. The predicted octanol–water partition coefficient (Wildman–Crippen LogP) is 18.4. The zero-order chi connectivity index (χ0) is 45.9. The molecule has 0 saturated carbocycles. The predicted molar refractivity (Wildman–Crippen MR) is 292 cm³/mol. The van der Waals surface area contributed by atoms with Gasteiger partial charge in [-0.2, -0.15) is 0 Å². The maximum absolute atomic E-state index is 2.39. The molecule has 0 bridgehead atoms. The average Bonchev–Trinajstić information content (AvgIpc) is 3.76. The lowest BCUT2D eigenvalue weighted by atomic mass is 9.97. The molecule has 3 nitrogen and oxygen atoms in total. The lowest BCUT2D eigenvalue weighted by Crippen LogP contribution is -2.09. The Labute approximate surface area is 403 Å². The molecule has 0 spiro atoms. The van der Waals surface area contributed by atoms with Crippen molar-refractivity contribution >= 4 is 55.9 Å². The first-order valence-electron chi connectivity index (χ1n) is 23.6. The van der Waals surface area contributed by atoms with Crippen LogP contribution in [0.4, 0.5) is 34.1 Å². The molecule has 0 atom stereocenters. The van der Waals surface area contributed by atoms with Crippen molar-refractivity contribution in [1.82, 2.24) is 4.57 Å². The van der Waals surface area contributed by atoms with Gasteiger partial charge in [-0.05, 0) is 154 Å². The van der Waals surface area contributed by atoms with E-state index in [4.69, 9.17) is 0 Å². The minimum absolute atomic E-state index is 1.12. The Morgan fingerprint density at radius 3 is 0.739 bits per heavy atom. The van der Waals surface area contributed by atoms with Crippen LogP contribution in [-0.2, 0) is 0 Å². The van der Waals surface area contributed by atoms with Gasteiger partial charge in [-0.25, -0.2) is 0 Å². The molecule has 326 valence electrons. The van der Waals surface area contributed by atoms with E-state index in [0.717, 1.165) is 39.8 Å². The van der Waals surface area contributed by atoms with E-state index in [0.29, 0.717) is 0 Å². The average molecular weight is 882 g/mol. The molecule has 3 heteroatoms. The largest absolute Gasteiger partial charge is 0.311 e. The van der Waals surface area contributed by atoms with Crippen molar-refractivity contribution in [1.29, 1.82) is 0 Å². The molecule has 12 rings (SSSR count). The van der Waals surface area contributed by atoms with Gasteiger partial charge in [-0.3, -0.25) is 0 Å². The van der Waals surface area contributed by atoms with Crippen molar-refractivity contribution in [2.75, 3.05) is 9.80 Å². The second kappa shape index (κ2) is 18.2. The van der Waals surface area contributed by atoms with Gasteiger partial charge >= 0.3 is 0 Å². The van der Waals surface area contributed by atoms with Crippen molar-refractivity contribution in [3.05, 3.63) is 285 Å². The summed E-state index contributed by atoms with van der Waals surface area (Å²) >= 11 is 0. The van der Waals surface area contributed by atoms with E-state index < -0.39 is 0 Å². The van der Waals surface area contributed by atoms with Crippen LogP contribution in [0.1, 0.15) is 0 Å². The summed E-state index contributed by atoms with van der Waals surface area (Å²) in [6, 6.07) is 102. The van der Waals surface area contributed by atoms with Crippen LogP contribution in [0, 0.1) is 0 Å². The molecule has 0 unspecified atom stereocenters. The maximum atomic E-state index is 2.39. The van der Waals surface area contributed by atoms with Crippen molar-refractivity contribution in [2.24, 2.45) is 0 Å². The fraction of sp³-hybridized carbons (Fsp3) is 0. The van der Waals surface area contributed by atoms with E-state index in [-0.39, 0.29) is 0 Å². The summed E-state index contributed by atoms with van der Waals surface area (Å²) < 4.78 is 2.39. The molecule has 11 aromatic carbocycles. The lowest BCUT2D eigenvalue weighted by molar-refractivity contribution is 1.18. The standard InChI is InChI=1S/C66H47N3/c1-6-16-56(17-7-1)67(57-18-8-2-9-19-57)61-40-34-50(35-41-61)48-26-30-52(31-27-48)54-38-44-65-63(46-54)64-47-55(39-45-66(64)69(65)60-24-14-5-15-25-60)53-32-28-49(29-33-53)51-36-42-62(43-37-51)68(58-20-10-3-11-21-58)59-22-12-4-13-23-59/h1-47H. The Bertz CT molecular complexity index is 3340. The first kappa shape index (κ1) is 41.3. The highest BCUT2D eigenvalue weighted by atomic mass is 15.1. The third-order valence-corrected chi connectivity index (χ3v) is 13.2. The van der Waals surface area contributed by atoms with E-state index in [2.05, 4.69) is 299 Å². The molecule has 69 heavy (non-hydrogen) atoms. The molecule has 0 saturated heterocycles. The van der Waals surface area contributed by atoms with E-state index in [1.54, 1.807) is 0 Å². The number of para-hydroxylation sites is 5. The summed E-state index contributed by atoms with van der Waals surface area (Å²) in [5.74, 6) is 0. The summed E-state index contributed by atoms with van der Waals surface area (Å²) in [4.78, 5) is 4.59. The highest BCUT2D eigenvalue weighted by molar-refractivity contribution is 6.11. The van der Waals surface area contributed by atoms with E-state index in [1.807, 2.05) is 0 Å². The van der Waals surface area contributed by atoms with Crippen LogP contribution in [0.2, 0.25) is 0 Å². The van der Waals surface area contributed by atoms with Gasteiger partial charge in [0.2, 0.25) is 0 Å². The topological polar surface area (TPSA) is 11.4 Å². The van der Waals surface area contributed by atoms with Crippen molar-refractivity contribution in [3.8, 4) is 50.2 Å². The van der Waals surface area contributed by atoms with Gasteiger partial charge in [0.1, 0.15) is 0 Å². The quantitative estimate of drug-likeness (QED) is 0.128. The molecule has 0 fully saturated rings. The van der Waals surface area contributed by atoms with E-state index in [1.165, 1.54) is 66.3 Å². The van der Waals surface area contributed by atoms with Gasteiger partial charge in [-0.15, -0.1) is 0 Å². The fourth-order valence-corrected chi connectivity index (χ4v) is 9.76. The summed E-state index contributed by atoms with van der Waals surface area (Å²) in [7, 11) is 0. The molecule has 1 aromatic heterocycles. The normalized spacial score (nSPS) is 11.2. The number of rotatable bonds is 11. The summed E-state index contributed by atoms with van der Waals surface area (Å²) in [6.07, 6.45) is 0. The molecule has 0 amide bonds. The molecule has 0 aliphatic rings. The van der Waals surface area contributed by atoms with Gasteiger partial charge in [0.05, 0.1) is 11.0 Å². The van der Waals surface area contributed by atoms with Crippen LogP contribution in [-0.4, -0.2) is 4.57 Å². The second-order valence-electron chi connectivity index (χ2n) is 17.4. The lowest BCUT2D eigenvalue weighted by Gasteiger charge is -2.25. The number of aromatic nitrogens is 1. The molecule has 0 aliphatic carbocycles. The second-order valence-corrected chi connectivity index (χ2v) is 17.4. The molecule has 0 aliphatic heterocycles. The van der Waals surface area contributed by atoms with Crippen molar-refractivity contribution in [3.63, 3.8) is 0 Å². The van der Waals surface area contributed by atoms with Gasteiger partial charge in [-0.1, -0.05) is 176 Å². The molecular formula is C66H47N3. The maximum Gasteiger partial charge on any atom is 0.0541 e. The van der Waals surface area contributed by atoms with Crippen LogP contribution in [0.5, 0.6) is 0 Å². The zero-order valence-electron chi connectivity index (χ0n) is 38.0. The Morgan fingerprint density at radius 1 is 0.203 bits per heavy atom.